The van der Waals surface area contributed by atoms with Gasteiger partial charge in [-0.15, -0.1) is 19.0 Å². The second-order valence-electron chi connectivity index (χ2n) is 4.12. The zero-order chi connectivity index (χ0) is 11.3. The quantitative estimate of drug-likeness (QED) is 0.706. The highest BCUT2D eigenvalue weighted by Crippen LogP contribution is 2.21. The highest BCUT2D eigenvalue weighted by atomic mass is 35.5. The fourth-order valence-electron chi connectivity index (χ4n) is 1.94. The van der Waals surface area contributed by atoms with E-state index >= 15 is 0 Å². The van der Waals surface area contributed by atoms with Crippen molar-refractivity contribution in [3.63, 3.8) is 0 Å². The molecule has 0 aliphatic carbocycles. The Kier molecular flexibility index (Phi) is 7.11. The summed E-state index contributed by atoms with van der Waals surface area (Å²) in [6.45, 7) is 5.97. The third-order valence-electron chi connectivity index (χ3n) is 2.75. The summed E-state index contributed by atoms with van der Waals surface area (Å²) in [4.78, 5) is 2.27. The van der Waals surface area contributed by atoms with Crippen molar-refractivity contribution in [1.82, 2.24) is 4.90 Å². The van der Waals surface area contributed by atoms with Crippen molar-refractivity contribution in [2.24, 2.45) is 0 Å². The maximum absolute atomic E-state index is 3.75. The van der Waals surface area contributed by atoms with Crippen molar-refractivity contribution in [2.45, 2.75) is 25.8 Å². The SMILES string of the molecule is C=CCc1ccc(C(CC)N(C)C)cc1.Cl. The van der Waals surface area contributed by atoms with Gasteiger partial charge in [0, 0.05) is 6.04 Å². The van der Waals surface area contributed by atoms with E-state index in [1.165, 1.54) is 11.1 Å². The molecule has 0 radical (unpaired) electrons. The third kappa shape index (κ3) is 3.99. The first-order valence-corrected chi connectivity index (χ1v) is 5.55. The molecular weight excluding hydrogens is 218 g/mol. The summed E-state index contributed by atoms with van der Waals surface area (Å²) in [5.74, 6) is 0. The number of rotatable bonds is 5. The molecule has 2 heteroatoms. The number of halogens is 1. The van der Waals surface area contributed by atoms with Crippen LogP contribution in [0.2, 0.25) is 0 Å². The minimum absolute atomic E-state index is 0. The zero-order valence-electron chi connectivity index (χ0n) is 10.4. The minimum Gasteiger partial charge on any atom is -0.302 e. The van der Waals surface area contributed by atoms with E-state index in [-0.39, 0.29) is 12.4 Å². The average Bonchev–Trinajstić information content (AvgIpc) is 2.21. The average molecular weight is 240 g/mol. The van der Waals surface area contributed by atoms with E-state index in [2.05, 4.69) is 56.8 Å². The molecule has 0 amide bonds. The van der Waals surface area contributed by atoms with Crippen molar-refractivity contribution in [3.05, 3.63) is 48.0 Å². The summed E-state index contributed by atoms with van der Waals surface area (Å²) >= 11 is 0. The fraction of sp³-hybridized carbons (Fsp3) is 0.429. The van der Waals surface area contributed by atoms with Gasteiger partial charge in [0.1, 0.15) is 0 Å². The monoisotopic (exact) mass is 239 g/mol. The molecule has 0 saturated carbocycles. The van der Waals surface area contributed by atoms with Crippen LogP contribution in [0.4, 0.5) is 0 Å². The van der Waals surface area contributed by atoms with Crippen LogP contribution in [-0.2, 0) is 6.42 Å². The van der Waals surface area contributed by atoms with E-state index in [0.29, 0.717) is 6.04 Å². The van der Waals surface area contributed by atoms with Gasteiger partial charge in [-0.3, -0.25) is 0 Å². The standard InChI is InChI=1S/C14H21N.ClH/c1-5-7-12-8-10-13(11-9-12)14(6-2)15(3)4;/h5,8-11,14H,1,6-7H2,2-4H3;1H. The van der Waals surface area contributed by atoms with E-state index in [1.54, 1.807) is 0 Å². The number of nitrogens with zero attached hydrogens (tertiary/aromatic N) is 1. The smallest absolute Gasteiger partial charge is 0.0339 e. The van der Waals surface area contributed by atoms with Gasteiger partial charge in [-0.1, -0.05) is 37.3 Å². The van der Waals surface area contributed by atoms with Gasteiger partial charge >= 0.3 is 0 Å². The summed E-state index contributed by atoms with van der Waals surface area (Å²) in [6.07, 6.45) is 4.05. The maximum Gasteiger partial charge on any atom is 0.0339 e. The number of allylic oxidation sites excluding steroid dienone is 1. The molecule has 0 aliphatic rings. The number of hydrogen-bond donors (Lipinski definition) is 0. The van der Waals surface area contributed by atoms with Crippen LogP contribution in [0.1, 0.15) is 30.5 Å². The first kappa shape index (κ1) is 15.2. The van der Waals surface area contributed by atoms with Crippen LogP contribution < -0.4 is 0 Å². The number of benzene rings is 1. The van der Waals surface area contributed by atoms with Gasteiger partial charge in [-0.05, 0) is 38.1 Å². The van der Waals surface area contributed by atoms with Crippen LogP contribution in [0.25, 0.3) is 0 Å². The second kappa shape index (κ2) is 7.48. The van der Waals surface area contributed by atoms with Crippen LogP contribution in [0.5, 0.6) is 0 Å². The first-order chi connectivity index (χ1) is 7.19. The van der Waals surface area contributed by atoms with Crippen LogP contribution in [0.15, 0.2) is 36.9 Å². The Morgan fingerprint density at radius 2 is 1.81 bits per heavy atom. The van der Waals surface area contributed by atoms with Gasteiger partial charge < -0.3 is 4.90 Å². The van der Waals surface area contributed by atoms with E-state index in [0.717, 1.165) is 12.8 Å². The van der Waals surface area contributed by atoms with Crippen molar-refractivity contribution < 1.29 is 0 Å². The molecule has 1 rings (SSSR count). The molecule has 1 atom stereocenters. The lowest BCUT2D eigenvalue weighted by atomic mass is 10.0. The fourth-order valence-corrected chi connectivity index (χ4v) is 1.94. The van der Waals surface area contributed by atoms with E-state index in [9.17, 15) is 0 Å². The van der Waals surface area contributed by atoms with Gasteiger partial charge in [0.15, 0.2) is 0 Å². The Labute approximate surface area is 106 Å². The van der Waals surface area contributed by atoms with Crippen molar-refractivity contribution in [1.29, 1.82) is 0 Å². The molecule has 16 heavy (non-hydrogen) atoms. The summed E-state index contributed by atoms with van der Waals surface area (Å²) in [6, 6.07) is 9.38. The third-order valence-corrected chi connectivity index (χ3v) is 2.75. The Morgan fingerprint density at radius 1 is 1.25 bits per heavy atom. The van der Waals surface area contributed by atoms with Gasteiger partial charge in [-0.25, -0.2) is 0 Å². The van der Waals surface area contributed by atoms with Crippen LogP contribution >= 0.6 is 12.4 Å². The molecule has 1 nitrogen and oxygen atoms in total. The van der Waals surface area contributed by atoms with E-state index < -0.39 is 0 Å². The molecule has 0 fully saturated rings. The molecule has 0 saturated heterocycles. The molecule has 0 heterocycles. The zero-order valence-corrected chi connectivity index (χ0v) is 11.3. The topological polar surface area (TPSA) is 3.24 Å². The lowest BCUT2D eigenvalue weighted by Gasteiger charge is -2.23. The summed E-state index contributed by atoms with van der Waals surface area (Å²) in [5.41, 5.74) is 2.73. The molecule has 0 bridgehead atoms. The van der Waals surface area contributed by atoms with Gasteiger partial charge in [0.2, 0.25) is 0 Å². The van der Waals surface area contributed by atoms with Crippen LogP contribution in [0, 0.1) is 0 Å². The Balaban J connectivity index is 0.00000225. The molecule has 1 aromatic rings. The predicted octanol–water partition coefficient (Wildman–Crippen LogP) is 3.85. The molecule has 0 spiro atoms. The van der Waals surface area contributed by atoms with Crippen molar-refractivity contribution in [3.8, 4) is 0 Å². The van der Waals surface area contributed by atoms with Gasteiger partial charge in [-0.2, -0.15) is 0 Å². The Bertz CT molecular complexity index is 303. The molecular formula is C14H22ClN. The first-order valence-electron chi connectivity index (χ1n) is 5.55. The lowest BCUT2D eigenvalue weighted by molar-refractivity contribution is 0.292. The van der Waals surface area contributed by atoms with E-state index in [4.69, 9.17) is 0 Å². The second-order valence-corrected chi connectivity index (χ2v) is 4.12. The van der Waals surface area contributed by atoms with Crippen molar-refractivity contribution in [2.75, 3.05) is 14.1 Å². The largest absolute Gasteiger partial charge is 0.302 e. The molecule has 1 unspecified atom stereocenters. The lowest BCUT2D eigenvalue weighted by Crippen LogP contribution is -2.18. The highest BCUT2D eigenvalue weighted by Gasteiger charge is 2.10. The predicted molar refractivity (Wildman–Crippen MR) is 74.3 cm³/mol. The highest BCUT2D eigenvalue weighted by molar-refractivity contribution is 5.85. The normalized spacial score (nSPS) is 12.0. The van der Waals surface area contributed by atoms with Crippen LogP contribution in [-0.4, -0.2) is 19.0 Å². The number of hydrogen-bond acceptors (Lipinski definition) is 1. The Morgan fingerprint density at radius 3 is 2.19 bits per heavy atom. The summed E-state index contributed by atoms with van der Waals surface area (Å²) in [5, 5.41) is 0. The molecule has 0 N–H and O–H groups in total. The summed E-state index contributed by atoms with van der Waals surface area (Å²) in [7, 11) is 4.26. The molecule has 0 aliphatic heterocycles. The molecule has 90 valence electrons. The van der Waals surface area contributed by atoms with Gasteiger partial charge in [0.25, 0.3) is 0 Å². The van der Waals surface area contributed by atoms with E-state index in [1.807, 2.05) is 6.08 Å². The molecule has 1 aromatic carbocycles. The summed E-state index contributed by atoms with van der Waals surface area (Å²) < 4.78 is 0. The van der Waals surface area contributed by atoms with Crippen LogP contribution in [0.3, 0.4) is 0 Å². The molecule has 0 aromatic heterocycles. The minimum atomic E-state index is 0. The van der Waals surface area contributed by atoms with Gasteiger partial charge in [0.05, 0.1) is 0 Å². The Hall–Kier alpha value is -0.790. The van der Waals surface area contributed by atoms with Crippen molar-refractivity contribution >= 4 is 12.4 Å². The maximum atomic E-state index is 3.75.